The number of alkyl halides is 3. The highest BCUT2D eigenvalue weighted by molar-refractivity contribution is 6.32. The molecule has 3 N–H and O–H groups in total. The van der Waals surface area contributed by atoms with E-state index in [0.717, 1.165) is 4.68 Å². The zero-order chi connectivity index (χ0) is 20.1. The summed E-state index contributed by atoms with van der Waals surface area (Å²) in [6, 6.07) is -1.10. The summed E-state index contributed by atoms with van der Waals surface area (Å²) in [6.45, 7) is 1.39. The van der Waals surface area contributed by atoms with E-state index in [2.05, 4.69) is 15.5 Å². The normalized spacial score (nSPS) is 15.6. The number of aryl methyl sites for hydroxylation is 1. The first-order chi connectivity index (χ1) is 12.5. The van der Waals surface area contributed by atoms with Crippen LogP contribution in [0.25, 0.3) is 0 Å². The Hall–Kier alpha value is -2.56. The van der Waals surface area contributed by atoms with E-state index in [9.17, 15) is 22.8 Å². The molecule has 3 rings (SSSR count). The molecule has 2 amide bonds. The van der Waals surface area contributed by atoms with Crippen molar-refractivity contribution >= 4 is 29.1 Å². The average Bonchev–Trinajstić information content (AvgIpc) is 3.23. The molecule has 0 aliphatic heterocycles. The van der Waals surface area contributed by atoms with Crippen LogP contribution in [-0.4, -0.2) is 31.4 Å². The third kappa shape index (κ3) is 3.51. The Morgan fingerprint density at radius 2 is 2.04 bits per heavy atom. The molecule has 1 unspecified atom stereocenters. The van der Waals surface area contributed by atoms with E-state index in [4.69, 9.17) is 17.3 Å². The van der Waals surface area contributed by atoms with Crippen LogP contribution in [0.3, 0.4) is 0 Å². The first-order valence-electron chi connectivity index (χ1n) is 8.00. The fourth-order valence-electron chi connectivity index (χ4n) is 2.80. The maximum absolute atomic E-state index is 13.2. The molecule has 0 bridgehead atoms. The molecular formula is C15H16ClF3N6O2. The van der Waals surface area contributed by atoms with Crippen molar-refractivity contribution in [3.8, 4) is 0 Å². The summed E-state index contributed by atoms with van der Waals surface area (Å²) in [5.41, 5.74) is 4.25. The number of halogens is 4. The number of primary amides is 1. The molecule has 0 spiro atoms. The van der Waals surface area contributed by atoms with Gasteiger partial charge in [0.25, 0.3) is 5.91 Å². The second kappa shape index (κ2) is 6.55. The minimum absolute atomic E-state index is 0.0348. The standard InChI is InChI=1S/C15H16ClF3N6O2/c1-6(14(27)22-8-5-21-24(2)11(8)13(20)26)25-10(7-3-4-7)9(16)12(23-25)15(17,18)19/h5-7H,3-4H2,1-2H3,(H2,20,26)(H,22,27). The van der Waals surface area contributed by atoms with Crippen LogP contribution in [0.1, 0.15) is 53.6 Å². The molecule has 2 heterocycles. The molecule has 1 aliphatic rings. The van der Waals surface area contributed by atoms with Crippen LogP contribution in [0, 0.1) is 0 Å². The van der Waals surface area contributed by atoms with Crippen LogP contribution in [0.4, 0.5) is 18.9 Å². The predicted octanol–water partition coefficient (Wildman–Crippen LogP) is 2.46. The Morgan fingerprint density at radius 3 is 2.56 bits per heavy atom. The van der Waals surface area contributed by atoms with E-state index >= 15 is 0 Å². The van der Waals surface area contributed by atoms with Crippen molar-refractivity contribution < 1.29 is 22.8 Å². The van der Waals surface area contributed by atoms with Gasteiger partial charge < -0.3 is 11.1 Å². The second-order valence-corrected chi connectivity index (χ2v) is 6.70. The number of aromatic nitrogens is 4. The van der Waals surface area contributed by atoms with Crippen molar-refractivity contribution in [1.82, 2.24) is 19.6 Å². The van der Waals surface area contributed by atoms with Gasteiger partial charge in [-0.3, -0.25) is 19.0 Å². The fraction of sp³-hybridized carbons (Fsp3) is 0.467. The van der Waals surface area contributed by atoms with Crippen LogP contribution in [0.15, 0.2) is 6.20 Å². The lowest BCUT2D eigenvalue weighted by molar-refractivity contribution is -0.141. The summed E-state index contributed by atoms with van der Waals surface area (Å²) in [5, 5.41) is 9.37. The summed E-state index contributed by atoms with van der Waals surface area (Å²) >= 11 is 5.92. The molecule has 2 aromatic rings. The third-order valence-corrected chi connectivity index (χ3v) is 4.67. The lowest BCUT2D eigenvalue weighted by Crippen LogP contribution is -2.27. The third-order valence-electron chi connectivity index (χ3n) is 4.30. The Kier molecular flexibility index (Phi) is 4.66. The number of hydrogen-bond acceptors (Lipinski definition) is 4. The number of amides is 2. The van der Waals surface area contributed by atoms with E-state index in [0.29, 0.717) is 12.8 Å². The first kappa shape index (κ1) is 19.2. The van der Waals surface area contributed by atoms with Gasteiger partial charge >= 0.3 is 6.18 Å². The van der Waals surface area contributed by atoms with Gasteiger partial charge in [0.05, 0.1) is 22.6 Å². The molecular weight excluding hydrogens is 389 g/mol. The molecule has 1 saturated carbocycles. The van der Waals surface area contributed by atoms with E-state index < -0.39 is 34.7 Å². The molecule has 1 atom stereocenters. The quantitative estimate of drug-likeness (QED) is 0.797. The summed E-state index contributed by atoms with van der Waals surface area (Å²) in [5.74, 6) is -1.66. The Balaban J connectivity index is 1.93. The number of carbonyl (C=O) groups is 2. The van der Waals surface area contributed by atoms with E-state index in [1.165, 1.54) is 24.9 Å². The number of nitrogens with one attached hydrogen (secondary N) is 1. The number of nitrogens with zero attached hydrogens (tertiary/aromatic N) is 4. The van der Waals surface area contributed by atoms with Crippen LogP contribution in [0.5, 0.6) is 0 Å². The van der Waals surface area contributed by atoms with Gasteiger partial charge in [-0.1, -0.05) is 11.6 Å². The molecule has 0 aromatic carbocycles. The minimum atomic E-state index is -4.73. The smallest absolute Gasteiger partial charge is 0.364 e. The molecule has 1 fully saturated rings. The van der Waals surface area contributed by atoms with Gasteiger partial charge in [-0.2, -0.15) is 23.4 Å². The monoisotopic (exact) mass is 404 g/mol. The number of rotatable bonds is 5. The topological polar surface area (TPSA) is 108 Å². The highest BCUT2D eigenvalue weighted by Gasteiger charge is 2.43. The summed E-state index contributed by atoms with van der Waals surface area (Å²) in [7, 11) is 1.47. The van der Waals surface area contributed by atoms with Crippen molar-refractivity contribution in [3.05, 3.63) is 28.3 Å². The van der Waals surface area contributed by atoms with Crippen molar-refractivity contribution in [2.45, 2.75) is 37.9 Å². The zero-order valence-electron chi connectivity index (χ0n) is 14.3. The molecule has 146 valence electrons. The maximum atomic E-state index is 13.2. The van der Waals surface area contributed by atoms with Crippen LogP contribution in [0.2, 0.25) is 5.02 Å². The molecule has 12 heteroatoms. The zero-order valence-corrected chi connectivity index (χ0v) is 15.1. The van der Waals surface area contributed by atoms with Gasteiger partial charge in [-0.15, -0.1) is 0 Å². The molecule has 2 aromatic heterocycles. The summed E-state index contributed by atoms with van der Waals surface area (Å²) in [6.07, 6.45) is -2.16. The molecule has 27 heavy (non-hydrogen) atoms. The van der Waals surface area contributed by atoms with Crippen molar-refractivity contribution in [2.75, 3.05) is 5.32 Å². The molecule has 1 aliphatic carbocycles. The first-order valence-corrected chi connectivity index (χ1v) is 8.38. The number of carbonyl (C=O) groups excluding carboxylic acids is 2. The SMILES string of the molecule is CC(C(=O)Nc1cnn(C)c1C(N)=O)n1nc(C(F)(F)F)c(Cl)c1C1CC1. The largest absolute Gasteiger partial charge is 0.436 e. The predicted molar refractivity (Wildman–Crippen MR) is 89.3 cm³/mol. The van der Waals surface area contributed by atoms with Gasteiger partial charge in [0.1, 0.15) is 11.7 Å². The lowest BCUT2D eigenvalue weighted by atomic mass is 10.2. The molecule has 0 radical (unpaired) electrons. The van der Waals surface area contributed by atoms with E-state index in [-0.39, 0.29) is 23.0 Å². The van der Waals surface area contributed by atoms with E-state index in [1.54, 1.807) is 0 Å². The highest BCUT2D eigenvalue weighted by atomic mass is 35.5. The van der Waals surface area contributed by atoms with Gasteiger partial charge in [-0.25, -0.2) is 0 Å². The molecule has 8 nitrogen and oxygen atoms in total. The Morgan fingerprint density at radius 1 is 1.41 bits per heavy atom. The van der Waals surface area contributed by atoms with Crippen LogP contribution < -0.4 is 11.1 Å². The minimum Gasteiger partial charge on any atom is -0.364 e. The number of nitrogens with two attached hydrogens (primary N) is 1. The van der Waals surface area contributed by atoms with E-state index in [1.807, 2.05) is 0 Å². The number of hydrogen-bond donors (Lipinski definition) is 2. The molecule has 0 saturated heterocycles. The Labute approximate surface area is 156 Å². The van der Waals surface area contributed by atoms with Crippen LogP contribution in [-0.2, 0) is 18.0 Å². The van der Waals surface area contributed by atoms with Crippen molar-refractivity contribution in [1.29, 1.82) is 0 Å². The van der Waals surface area contributed by atoms with Gasteiger partial charge in [-0.05, 0) is 19.8 Å². The average molecular weight is 405 g/mol. The van der Waals surface area contributed by atoms with Gasteiger partial charge in [0.15, 0.2) is 5.69 Å². The fourth-order valence-corrected chi connectivity index (χ4v) is 3.18. The summed E-state index contributed by atoms with van der Waals surface area (Å²) < 4.78 is 41.7. The van der Waals surface area contributed by atoms with Crippen molar-refractivity contribution in [3.63, 3.8) is 0 Å². The highest BCUT2D eigenvalue weighted by Crippen LogP contribution is 2.47. The maximum Gasteiger partial charge on any atom is 0.436 e. The Bertz CT molecular complexity index is 916. The summed E-state index contributed by atoms with van der Waals surface area (Å²) in [4.78, 5) is 24.1. The van der Waals surface area contributed by atoms with Gasteiger partial charge in [0, 0.05) is 13.0 Å². The van der Waals surface area contributed by atoms with Gasteiger partial charge in [0.2, 0.25) is 5.91 Å². The second-order valence-electron chi connectivity index (χ2n) is 6.32. The number of anilines is 1. The van der Waals surface area contributed by atoms with Crippen LogP contribution >= 0.6 is 11.6 Å². The lowest BCUT2D eigenvalue weighted by Gasteiger charge is -2.15. The van der Waals surface area contributed by atoms with Crippen molar-refractivity contribution in [2.24, 2.45) is 12.8 Å².